The van der Waals surface area contributed by atoms with Gasteiger partial charge in [-0.25, -0.2) is 4.98 Å². The molecule has 1 aliphatic heterocycles. The van der Waals surface area contributed by atoms with E-state index in [0.717, 1.165) is 29.1 Å². The molecule has 0 aromatic carbocycles. The maximum absolute atomic E-state index is 11.1. The molecule has 0 saturated heterocycles. The third-order valence-corrected chi connectivity index (χ3v) is 3.73. The quantitative estimate of drug-likeness (QED) is 0.827. The molecule has 2 heterocycles. The summed E-state index contributed by atoms with van der Waals surface area (Å²) in [6.45, 7) is 4.87. The van der Waals surface area contributed by atoms with Crippen molar-refractivity contribution in [2.75, 3.05) is 0 Å². The van der Waals surface area contributed by atoms with Gasteiger partial charge < -0.3 is 4.57 Å². The van der Waals surface area contributed by atoms with Crippen LogP contribution in [0.4, 0.5) is 0 Å². The molecular formula is C11H15BrN2O. The lowest BCUT2D eigenvalue weighted by atomic mass is 10.0. The highest BCUT2D eigenvalue weighted by Crippen LogP contribution is 2.27. The lowest BCUT2D eigenvalue weighted by molar-refractivity contribution is -0.116. The van der Waals surface area contributed by atoms with Gasteiger partial charge in [-0.15, -0.1) is 0 Å². The van der Waals surface area contributed by atoms with E-state index < -0.39 is 0 Å². The molecule has 0 bridgehead atoms. The number of fused-ring (bicyclic) bond motifs is 1. The zero-order chi connectivity index (χ0) is 11.0. The Morgan fingerprint density at radius 1 is 1.67 bits per heavy atom. The Hall–Kier alpha value is -0.640. The molecule has 3 nitrogen and oxygen atoms in total. The summed E-state index contributed by atoms with van der Waals surface area (Å²) in [5.41, 5.74) is 0.895. The lowest BCUT2D eigenvalue weighted by Gasteiger charge is -2.20. The van der Waals surface area contributed by atoms with Gasteiger partial charge in [-0.2, -0.15) is 0 Å². The van der Waals surface area contributed by atoms with Crippen molar-refractivity contribution in [1.82, 2.24) is 9.55 Å². The highest BCUT2D eigenvalue weighted by atomic mass is 79.9. The average molecular weight is 271 g/mol. The van der Waals surface area contributed by atoms with E-state index in [2.05, 4.69) is 32.4 Å². The van der Waals surface area contributed by atoms with Crippen LogP contribution in [-0.4, -0.2) is 15.3 Å². The highest BCUT2D eigenvalue weighted by Gasteiger charge is 2.21. The van der Waals surface area contributed by atoms with Crippen LogP contribution in [0.2, 0.25) is 0 Å². The Bertz CT molecular complexity index is 398. The first-order valence-corrected chi connectivity index (χ1v) is 6.10. The van der Waals surface area contributed by atoms with E-state index in [0.29, 0.717) is 12.3 Å². The molecule has 15 heavy (non-hydrogen) atoms. The van der Waals surface area contributed by atoms with Gasteiger partial charge in [-0.1, -0.05) is 6.92 Å². The smallest absolute Gasteiger partial charge is 0.135 e. The summed E-state index contributed by atoms with van der Waals surface area (Å²) in [4.78, 5) is 15.6. The summed E-state index contributed by atoms with van der Waals surface area (Å²) >= 11 is 3.53. The van der Waals surface area contributed by atoms with Gasteiger partial charge in [0.05, 0.1) is 12.1 Å². The van der Waals surface area contributed by atoms with Gasteiger partial charge in [0.1, 0.15) is 16.2 Å². The van der Waals surface area contributed by atoms with Gasteiger partial charge >= 0.3 is 0 Å². The molecule has 0 amide bonds. The van der Waals surface area contributed by atoms with Gasteiger partial charge in [-0.3, -0.25) is 4.79 Å². The fourth-order valence-electron chi connectivity index (χ4n) is 2.03. The summed E-state index contributed by atoms with van der Waals surface area (Å²) in [6.07, 6.45) is 2.66. The van der Waals surface area contributed by atoms with Crippen molar-refractivity contribution in [3.8, 4) is 0 Å². The van der Waals surface area contributed by atoms with E-state index in [9.17, 15) is 4.79 Å². The fraction of sp³-hybridized carbons (Fsp3) is 0.636. The largest absolute Gasteiger partial charge is 0.323 e. The standard InChI is InChI=1S/C11H15BrN2O/c1-7-3-4-14-10(5-7)13-9(11(14)12)6-8(2)15/h7H,3-6H2,1-2H3. The summed E-state index contributed by atoms with van der Waals surface area (Å²) < 4.78 is 3.19. The van der Waals surface area contributed by atoms with E-state index >= 15 is 0 Å². The summed E-state index contributed by atoms with van der Waals surface area (Å²) in [7, 11) is 0. The second-order valence-corrected chi connectivity index (χ2v) is 5.15. The summed E-state index contributed by atoms with van der Waals surface area (Å²) in [5.74, 6) is 1.99. The predicted molar refractivity (Wildman–Crippen MR) is 61.8 cm³/mol. The zero-order valence-electron chi connectivity index (χ0n) is 9.09. The first-order chi connectivity index (χ1) is 7.08. The van der Waals surface area contributed by atoms with Gasteiger partial charge in [-0.05, 0) is 35.2 Å². The minimum Gasteiger partial charge on any atom is -0.323 e. The number of halogens is 1. The molecule has 0 radical (unpaired) electrons. The van der Waals surface area contributed by atoms with Crippen molar-refractivity contribution in [1.29, 1.82) is 0 Å². The molecule has 0 N–H and O–H groups in total. The van der Waals surface area contributed by atoms with Crippen molar-refractivity contribution in [2.24, 2.45) is 5.92 Å². The monoisotopic (exact) mass is 270 g/mol. The molecule has 0 fully saturated rings. The van der Waals surface area contributed by atoms with Gasteiger partial charge in [0.25, 0.3) is 0 Å². The van der Waals surface area contributed by atoms with Crippen molar-refractivity contribution < 1.29 is 4.79 Å². The first kappa shape index (κ1) is 10.9. The number of aromatic nitrogens is 2. The van der Waals surface area contributed by atoms with Crippen LogP contribution >= 0.6 is 15.9 Å². The first-order valence-electron chi connectivity index (χ1n) is 5.31. The number of hydrogen-bond donors (Lipinski definition) is 0. The minimum absolute atomic E-state index is 0.166. The van der Waals surface area contributed by atoms with Crippen LogP contribution in [0.5, 0.6) is 0 Å². The molecule has 82 valence electrons. The number of nitrogens with zero attached hydrogens (tertiary/aromatic N) is 2. The van der Waals surface area contributed by atoms with Crippen molar-refractivity contribution >= 4 is 21.7 Å². The van der Waals surface area contributed by atoms with Crippen LogP contribution in [0.25, 0.3) is 0 Å². The number of hydrogen-bond acceptors (Lipinski definition) is 2. The molecular weight excluding hydrogens is 256 g/mol. The molecule has 4 heteroatoms. The summed E-state index contributed by atoms with van der Waals surface area (Å²) in [6, 6.07) is 0. The average Bonchev–Trinajstić information content (AvgIpc) is 2.42. The normalized spacial score (nSPS) is 20.1. The summed E-state index contributed by atoms with van der Waals surface area (Å²) in [5, 5.41) is 0. The van der Waals surface area contributed by atoms with E-state index in [1.54, 1.807) is 6.92 Å². The second kappa shape index (κ2) is 4.08. The predicted octanol–water partition coefficient (Wildman–Crippen LogP) is 2.36. The van der Waals surface area contributed by atoms with Crippen molar-refractivity contribution in [2.45, 2.75) is 39.7 Å². The van der Waals surface area contributed by atoms with E-state index in [4.69, 9.17) is 0 Å². The van der Waals surface area contributed by atoms with E-state index in [1.165, 1.54) is 6.42 Å². The topological polar surface area (TPSA) is 34.9 Å². The van der Waals surface area contributed by atoms with Crippen LogP contribution in [0.15, 0.2) is 4.60 Å². The van der Waals surface area contributed by atoms with Crippen molar-refractivity contribution in [3.63, 3.8) is 0 Å². The molecule has 1 atom stereocenters. The number of imidazole rings is 1. The van der Waals surface area contributed by atoms with Crippen LogP contribution in [0.1, 0.15) is 31.8 Å². The molecule has 0 spiro atoms. The van der Waals surface area contributed by atoms with Gasteiger partial charge in [0.15, 0.2) is 0 Å². The van der Waals surface area contributed by atoms with Crippen LogP contribution < -0.4 is 0 Å². The number of carbonyl (C=O) groups excluding carboxylic acids is 1. The maximum Gasteiger partial charge on any atom is 0.135 e. The molecule has 2 rings (SSSR count). The molecule has 0 aliphatic carbocycles. The Morgan fingerprint density at radius 3 is 3.07 bits per heavy atom. The van der Waals surface area contributed by atoms with Crippen LogP contribution in [-0.2, 0) is 24.2 Å². The zero-order valence-corrected chi connectivity index (χ0v) is 10.7. The molecule has 1 aliphatic rings. The molecule has 1 unspecified atom stereocenters. The van der Waals surface area contributed by atoms with E-state index in [1.807, 2.05) is 0 Å². The number of rotatable bonds is 2. The van der Waals surface area contributed by atoms with Gasteiger partial charge in [0, 0.05) is 13.0 Å². The van der Waals surface area contributed by atoms with Gasteiger partial charge in [0.2, 0.25) is 0 Å². The maximum atomic E-state index is 11.1. The lowest BCUT2D eigenvalue weighted by Crippen LogP contribution is -2.17. The number of ketones is 1. The molecule has 1 aromatic heterocycles. The number of Topliss-reactive ketones (excluding diaryl/α,β-unsaturated/α-hetero) is 1. The number of carbonyl (C=O) groups is 1. The fourth-order valence-corrected chi connectivity index (χ4v) is 2.64. The Balaban J connectivity index is 2.32. The Kier molecular flexibility index (Phi) is 2.96. The molecule has 1 aromatic rings. The Labute approximate surface area is 98.0 Å². The van der Waals surface area contributed by atoms with Crippen LogP contribution in [0, 0.1) is 5.92 Å². The minimum atomic E-state index is 0.166. The second-order valence-electron chi connectivity index (χ2n) is 4.39. The Morgan fingerprint density at radius 2 is 2.40 bits per heavy atom. The molecule has 0 saturated carbocycles. The van der Waals surface area contributed by atoms with Crippen LogP contribution in [0.3, 0.4) is 0 Å². The van der Waals surface area contributed by atoms with Crippen molar-refractivity contribution in [3.05, 3.63) is 16.1 Å². The highest BCUT2D eigenvalue weighted by molar-refractivity contribution is 9.10. The SMILES string of the molecule is CC(=O)Cc1nc2n(c1Br)CCC(C)C2. The third-order valence-electron chi connectivity index (χ3n) is 2.84. The third kappa shape index (κ3) is 2.14. The van der Waals surface area contributed by atoms with E-state index in [-0.39, 0.29) is 5.78 Å².